The summed E-state index contributed by atoms with van der Waals surface area (Å²) in [5, 5.41) is 9.24. The van der Waals surface area contributed by atoms with E-state index >= 15 is 0 Å². The zero-order valence-corrected chi connectivity index (χ0v) is 8.14. The lowest BCUT2D eigenvalue weighted by Gasteiger charge is -2.32. The predicted octanol–water partition coefficient (Wildman–Crippen LogP) is -2.39. The molecule has 0 radical (unpaired) electrons. The summed E-state index contributed by atoms with van der Waals surface area (Å²) in [6.45, 7) is 1.18. The monoisotopic (exact) mass is 201 g/mol. The maximum Gasteiger partial charge on any atom is 0.312 e. The molecule has 14 heavy (non-hydrogen) atoms. The van der Waals surface area contributed by atoms with Crippen molar-refractivity contribution in [2.45, 2.75) is 6.10 Å². The summed E-state index contributed by atoms with van der Waals surface area (Å²) in [7, 11) is 1.58. The quantitative estimate of drug-likeness (QED) is 0.499. The third-order valence-corrected chi connectivity index (χ3v) is 2.23. The minimum atomic E-state index is -0.754. The van der Waals surface area contributed by atoms with Gasteiger partial charge >= 0.3 is 11.8 Å². The number of hydrogen-bond donors (Lipinski definition) is 2. The largest absolute Gasteiger partial charge is 0.390 e. The molecular formula is C8H15N3O3. The molecule has 1 heterocycles. The van der Waals surface area contributed by atoms with E-state index < -0.39 is 17.9 Å². The average molecular weight is 201 g/mol. The van der Waals surface area contributed by atoms with E-state index in [-0.39, 0.29) is 13.1 Å². The third-order valence-electron chi connectivity index (χ3n) is 2.23. The Hall–Kier alpha value is -1.14. The molecule has 1 aliphatic rings. The van der Waals surface area contributed by atoms with Crippen LogP contribution in [0, 0.1) is 0 Å². The number of carbonyl (C=O) groups excluding carboxylic acids is 2. The summed E-state index contributed by atoms with van der Waals surface area (Å²) in [5.74, 6) is -1.09. The maximum atomic E-state index is 11.4. The second-order valence-electron chi connectivity index (χ2n) is 3.37. The molecule has 1 fully saturated rings. The molecule has 6 nitrogen and oxygen atoms in total. The van der Waals surface area contributed by atoms with Crippen LogP contribution in [0.25, 0.3) is 0 Å². The van der Waals surface area contributed by atoms with Crippen LogP contribution in [-0.2, 0) is 9.59 Å². The highest BCUT2D eigenvalue weighted by Crippen LogP contribution is 2.03. The first-order chi connectivity index (χ1) is 6.56. The molecule has 0 aromatic carbocycles. The van der Waals surface area contributed by atoms with Gasteiger partial charge in [0.15, 0.2) is 0 Å². The number of likely N-dealkylation sites (N-methyl/N-ethyl adjacent to an activating group) is 1. The summed E-state index contributed by atoms with van der Waals surface area (Å²) < 4.78 is 0. The number of β-amino-alcohol motifs (C(OH)–C–C–N with tert-alkyl or cyclic N) is 1. The zero-order valence-electron chi connectivity index (χ0n) is 8.14. The van der Waals surface area contributed by atoms with Crippen LogP contribution >= 0.6 is 0 Å². The molecule has 80 valence electrons. The van der Waals surface area contributed by atoms with Crippen LogP contribution in [0.1, 0.15) is 0 Å². The Morgan fingerprint density at radius 2 is 2.07 bits per heavy atom. The van der Waals surface area contributed by atoms with Gasteiger partial charge in [0.2, 0.25) is 0 Å². The van der Waals surface area contributed by atoms with E-state index in [1.165, 1.54) is 9.80 Å². The number of piperazine rings is 1. The SMILES string of the molecule is CN1CCN(C[C@H](O)CN)C(=O)C1=O. The van der Waals surface area contributed by atoms with Crippen molar-refractivity contribution in [1.29, 1.82) is 0 Å². The van der Waals surface area contributed by atoms with Gasteiger partial charge in [0, 0.05) is 33.2 Å². The van der Waals surface area contributed by atoms with Gasteiger partial charge in [-0.2, -0.15) is 0 Å². The molecule has 0 saturated carbocycles. The van der Waals surface area contributed by atoms with Crippen LogP contribution in [0.5, 0.6) is 0 Å². The fourth-order valence-corrected chi connectivity index (χ4v) is 1.28. The van der Waals surface area contributed by atoms with E-state index in [0.29, 0.717) is 13.1 Å². The highest BCUT2D eigenvalue weighted by molar-refractivity contribution is 6.35. The lowest BCUT2D eigenvalue weighted by molar-refractivity contribution is -0.155. The van der Waals surface area contributed by atoms with Crippen LogP contribution in [0.15, 0.2) is 0 Å². The van der Waals surface area contributed by atoms with Crippen molar-refractivity contribution in [3.05, 3.63) is 0 Å². The first-order valence-electron chi connectivity index (χ1n) is 4.48. The molecule has 2 amide bonds. The van der Waals surface area contributed by atoms with Crippen molar-refractivity contribution < 1.29 is 14.7 Å². The number of hydrogen-bond acceptors (Lipinski definition) is 4. The molecule has 0 unspecified atom stereocenters. The number of nitrogens with zero attached hydrogens (tertiary/aromatic N) is 2. The Labute approximate surface area is 82.3 Å². The van der Waals surface area contributed by atoms with Gasteiger partial charge in [0.25, 0.3) is 0 Å². The van der Waals surface area contributed by atoms with E-state index in [9.17, 15) is 14.7 Å². The smallest absolute Gasteiger partial charge is 0.312 e. The van der Waals surface area contributed by atoms with Crippen molar-refractivity contribution in [2.75, 3.05) is 33.2 Å². The van der Waals surface area contributed by atoms with Crippen molar-refractivity contribution in [2.24, 2.45) is 5.73 Å². The van der Waals surface area contributed by atoms with Crippen molar-refractivity contribution >= 4 is 11.8 Å². The van der Waals surface area contributed by atoms with Gasteiger partial charge in [-0.25, -0.2) is 0 Å². The first kappa shape index (κ1) is 10.9. The molecule has 0 spiro atoms. The third kappa shape index (κ3) is 2.21. The van der Waals surface area contributed by atoms with Crippen LogP contribution in [0.3, 0.4) is 0 Å². The van der Waals surface area contributed by atoms with E-state index in [4.69, 9.17) is 5.73 Å². The molecule has 1 rings (SSSR count). The van der Waals surface area contributed by atoms with Gasteiger partial charge in [-0.05, 0) is 0 Å². The van der Waals surface area contributed by atoms with Gasteiger partial charge in [-0.3, -0.25) is 9.59 Å². The predicted molar refractivity (Wildman–Crippen MR) is 49.3 cm³/mol. The van der Waals surface area contributed by atoms with Gasteiger partial charge in [0.1, 0.15) is 0 Å². The Morgan fingerprint density at radius 3 is 2.64 bits per heavy atom. The van der Waals surface area contributed by atoms with Gasteiger partial charge in [-0.1, -0.05) is 0 Å². The average Bonchev–Trinajstić information content (AvgIpc) is 2.19. The number of aliphatic hydroxyl groups excluding tert-OH is 1. The number of aliphatic hydroxyl groups is 1. The molecule has 1 atom stereocenters. The van der Waals surface area contributed by atoms with E-state index in [2.05, 4.69) is 0 Å². The standard InChI is InChI=1S/C8H15N3O3/c1-10-2-3-11(5-6(12)4-9)8(14)7(10)13/h6,12H,2-5,9H2,1H3/t6-/m1/s1. The topological polar surface area (TPSA) is 86.9 Å². The van der Waals surface area contributed by atoms with Gasteiger partial charge in [-0.15, -0.1) is 0 Å². The van der Waals surface area contributed by atoms with Crippen LogP contribution in [0.2, 0.25) is 0 Å². The summed E-state index contributed by atoms with van der Waals surface area (Å²) >= 11 is 0. The normalized spacial score (nSPS) is 20.2. The van der Waals surface area contributed by atoms with Crippen molar-refractivity contribution in [3.63, 3.8) is 0 Å². The van der Waals surface area contributed by atoms with E-state index in [0.717, 1.165) is 0 Å². The van der Waals surface area contributed by atoms with E-state index in [1.54, 1.807) is 7.05 Å². The number of carbonyl (C=O) groups is 2. The lowest BCUT2D eigenvalue weighted by atomic mass is 10.2. The molecule has 0 aliphatic carbocycles. The highest BCUT2D eigenvalue weighted by Gasteiger charge is 2.30. The van der Waals surface area contributed by atoms with Gasteiger partial charge < -0.3 is 20.6 Å². The molecular weight excluding hydrogens is 186 g/mol. The van der Waals surface area contributed by atoms with Crippen LogP contribution < -0.4 is 5.73 Å². The second kappa shape index (κ2) is 4.39. The molecule has 3 N–H and O–H groups in total. The summed E-state index contributed by atoms with van der Waals surface area (Å²) in [6.07, 6.45) is -0.754. The summed E-state index contributed by atoms with van der Waals surface area (Å²) in [4.78, 5) is 25.3. The summed E-state index contributed by atoms with van der Waals surface area (Å²) in [6, 6.07) is 0. The Kier molecular flexibility index (Phi) is 3.43. The second-order valence-corrected chi connectivity index (χ2v) is 3.37. The Morgan fingerprint density at radius 1 is 1.43 bits per heavy atom. The van der Waals surface area contributed by atoms with Crippen LogP contribution in [0.4, 0.5) is 0 Å². The minimum absolute atomic E-state index is 0.0911. The Balaban J connectivity index is 2.55. The minimum Gasteiger partial charge on any atom is -0.390 e. The van der Waals surface area contributed by atoms with Gasteiger partial charge in [0.05, 0.1) is 6.10 Å². The zero-order chi connectivity index (χ0) is 10.7. The molecule has 0 aromatic heterocycles. The molecule has 1 saturated heterocycles. The fraction of sp³-hybridized carbons (Fsp3) is 0.750. The van der Waals surface area contributed by atoms with Crippen molar-refractivity contribution in [3.8, 4) is 0 Å². The molecule has 0 bridgehead atoms. The lowest BCUT2D eigenvalue weighted by Crippen LogP contribution is -2.55. The molecule has 0 aromatic rings. The van der Waals surface area contributed by atoms with Crippen LogP contribution in [-0.4, -0.2) is 66.1 Å². The van der Waals surface area contributed by atoms with E-state index in [1.807, 2.05) is 0 Å². The summed E-state index contributed by atoms with van der Waals surface area (Å²) in [5.41, 5.74) is 5.21. The molecule has 6 heteroatoms. The van der Waals surface area contributed by atoms with Crippen molar-refractivity contribution in [1.82, 2.24) is 9.80 Å². The maximum absolute atomic E-state index is 11.4. The fourth-order valence-electron chi connectivity index (χ4n) is 1.28. The Bertz CT molecular complexity index is 244. The number of amides is 2. The number of rotatable bonds is 3. The first-order valence-corrected chi connectivity index (χ1v) is 4.48. The molecule has 1 aliphatic heterocycles. The number of nitrogens with two attached hydrogens (primary N) is 1. The highest BCUT2D eigenvalue weighted by atomic mass is 16.3.